The number of hydrogen-bond donors (Lipinski definition) is 0. The molecule has 68 heavy (non-hydrogen) atoms. The summed E-state index contributed by atoms with van der Waals surface area (Å²) in [7, 11) is -8.08. The van der Waals surface area contributed by atoms with Crippen LogP contribution in [0.3, 0.4) is 0 Å². The average Bonchev–Trinajstić information content (AvgIpc) is 3.21. The van der Waals surface area contributed by atoms with Crippen LogP contribution < -0.4 is 28.7 Å². The largest absolute Gasteiger partial charge is 0.462 e. The van der Waals surface area contributed by atoms with Gasteiger partial charge in [-0.3, -0.25) is 0 Å². The zero-order valence-corrected chi connectivity index (χ0v) is 46.4. The zero-order valence-electron chi connectivity index (χ0n) is 44.6. The van der Waals surface area contributed by atoms with E-state index in [1.807, 2.05) is 100 Å². The minimum Gasteiger partial charge on any atom is -0.413 e. The second kappa shape index (κ2) is 18.7. The first-order chi connectivity index (χ1) is 31.2. The molecule has 8 heteroatoms. The van der Waals surface area contributed by atoms with E-state index in [2.05, 4.69) is 135 Å². The van der Waals surface area contributed by atoms with Crippen LogP contribution >= 0.6 is 15.2 Å². The van der Waals surface area contributed by atoms with Crippen LogP contribution in [0.2, 0.25) is 0 Å². The van der Waals surface area contributed by atoms with E-state index >= 15 is 9.13 Å². The Hall–Kier alpha value is -5.02. The summed E-state index contributed by atoms with van der Waals surface area (Å²) in [6.45, 7) is 42.5. The van der Waals surface area contributed by atoms with Gasteiger partial charge in [0, 0.05) is 0 Å². The molecule has 362 valence electrons. The van der Waals surface area contributed by atoms with Crippen molar-refractivity contribution in [3.05, 3.63) is 164 Å². The van der Waals surface area contributed by atoms with E-state index in [-0.39, 0.29) is 21.7 Å². The van der Waals surface area contributed by atoms with Crippen molar-refractivity contribution in [2.45, 2.75) is 160 Å². The molecule has 0 unspecified atom stereocenters. The molecule has 6 aromatic carbocycles. The molecule has 0 spiro atoms. The Bertz CT molecular complexity index is 2600. The molecule has 0 aliphatic rings. The van der Waals surface area contributed by atoms with Gasteiger partial charge in [-0.25, -0.2) is 9.13 Å². The van der Waals surface area contributed by atoms with Crippen molar-refractivity contribution >= 4 is 25.8 Å². The van der Waals surface area contributed by atoms with Gasteiger partial charge in [0.2, 0.25) is 0 Å². The highest BCUT2D eigenvalue weighted by molar-refractivity contribution is 7.63. The Kier molecular flexibility index (Phi) is 14.4. The first kappa shape index (κ1) is 52.4. The Morgan fingerprint density at radius 3 is 0.662 bits per heavy atom. The molecule has 0 bridgehead atoms. The molecular weight excluding hydrogens is 879 g/mol. The molecule has 0 fully saturated rings. The van der Waals surface area contributed by atoms with E-state index in [9.17, 15) is 0 Å². The van der Waals surface area contributed by atoms with Gasteiger partial charge in [-0.2, -0.15) is 0 Å². The zero-order chi connectivity index (χ0) is 50.7. The van der Waals surface area contributed by atoms with Crippen molar-refractivity contribution in [1.29, 1.82) is 0 Å². The van der Waals surface area contributed by atoms with Crippen LogP contribution in [0.4, 0.5) is 0 Å². The molecule has 0 aliphatic heterocycles. The molecule has 0 N–H and O–H groups in total. The average molecular weight is 955 g/mol. The lowest BCUT2D eigenvalue weighted by molar-refractivity contribution is 0.395. The van der Waals surface area contributed by atoms with E-state index in [0.717, 1.165) is 55.6 Å². The highest BCUT2D eigenvalue weighted by Crippen LogP contribution is 2.52. The molecule has 0 atom stereocenters. The summed E-state index contributed by atoms with van der Waals surface area (Å²) in [4.78, 5) is 0. The quantitative estimate of drug-likeness (QED) is 0.121. The summed E-state index contributed by atoms with van der Waals surface area (Å²) in [5.74, 6) is 2.05. The van der Waals surface area contributed by atoms with Crippen LogP contribution in [0.5, 0.6) is 23.0 Å². The molecular formula is C60H76O6P2. The number of hydrogen-bond acceptors (Lipinski definition) is 6. The summed E-state index contributed by atoms with van der Waals surface area (Å²) in [5.41, 5.74) is 13.9. The van der Waals surface area contributed by atoms with Gasteiger partial charge in [-0.15, -0.1) is 0 Å². The fourth-order valence-electron chi connectivity index (χ4n) is 9.22. The Labute approximate surface area is 409 Å². The van der Waals surface area contributed by atoms with E-state index < -0.39 is 15.2 Å². The molecule has 0 radical (unpaired) electrons. The third-order valence-corrected chi connectivity index (χ3v) is 16.5. The third-order valence-electron chi connectivity index (χ3n) is 12.9. The van der Waals surface area contributed by atoms with Crippen LogP contribution in [-0.2, 0) is 30.8 Å². The molecule has 6 nitrogen and oxygen atoms in total. The third kappa shape index (κ3) is 11.4. The summed E-state index contributed by atoms with van der Waals surface area (Å²) in [6.07, 6.45) is 0. The summed E-state index contributed by atoms with van der Waals surface area (Å²) in [5, 5.41) is 0.841. The second-order valence-electron chi connectivity index (χ2n) is 23.2. The lowest BCUT2D eigenvalue weighted by Gasteiger charge is -2.27. The van der Waals surface area contributed by atoms with Crippen molar-refractivity contribution in [3.8, 4) is 34.1 Å². The maximum atomic E-state index is 15.5. The Morgan fingerprint density at radius 1 is 0.294 bits per heavy atom. The first-order valence-corrected chi connectivity index (χ1v) is 27.0. The maximum Gasteiger partial charge on any atom is 0.462 e. The SMILES string of the molecule is Cc1cc(C(C)(C)C)c(C)cc1OP(=O)(Oc1cc(C)c(C(C)(C)C)cc1C)c1ccc(-c2ccc(P(=O)(Oc3cc(C)c(C(C)(C)C)cc3C)Oc3cc(C)c(C(C)(C)C)cc3C)cc2)cc1. The number of rotatable bonds is 11. The predicted molar refractivity (Wildman–Crippen MR) is 287 cm³/mol. The molecule has 0 aromatic heterocycles. The molecule has 0 amide bonds. The molecule has 0 saturated carbocycles. The monoisotopic (exact) mass is 955 g/mol. The lowest BCUT2D eigenvalue weighted by atomic mass is 9.83. The first-order valence-electron chi connectivity index (χ1n) is 23.9. The van der Waals surface area contributed by atoms with Gasteiger partial charge >= 0.3 is 15.2 Å². The fraction of sp³-hybridized carbons (Fsp3) is 0.400. The fourth-order valence-corrected chi connectivity index (χ4v) is 12.6. The van der Waals surface area contributed by atoms with Gasteiger partial charge in [0.05, 0.1) is 10.6 Å². The number of benzene rings is 6. The molecule has 6 rings (SSSR count). The van der Waals surface area contributed by atoms with Gasteiger partial charge in [0.15, 0.2) is 0 Å². The van der Waals surface area contributed by atoms with Gasteiger partial charge in [0.25, 0.3) is 0 Å². The standard InChI is InChI=1S/C60H76O6P2/c1-37-33-53(41(5)29-49(37)57(9,10)11)63-67(61,64-54-34-38(2)50(30-42(54)6)58(12,13)14)47-25-21-45(22-26-47)46-23-27-48(28-24-46)68(62,65-55-35-39(3)51(31-43(55)7)59(15,16)17)66-56-36-40(4)52(32-44(56)8)60(18,19)20/h21-36H,1-20H3. The van der Waals surface area contributed by atoms with E-state index in [1.54, 1.807) is 0 Å². The van der Waals surface area contributed by atoms with Crippen molar-refractivity contribution in [3.63, 3.8) is 0 Å². The van der Waals surface area contributed by atoms with Gasteiger partial charge in [-0.05, 0) is 203 Å². The van der Waals surface area contributed by atoms with Gasteiger partial charge in [-0.1, -0.05) is 132 Å². The normalized spacial score (nSPS) is 12.8. The van der Waals surface area contributed by atoms with Crippen molar-refractivity contribution < 1.29 is 27.2 Å². The molecule has 6 aromatic rings. The van der Waals surface area contributed by atoms with Crippen molar-refractivity contribution in [2.24, 2.45) is 0 Å². The number of aryl methyl sites for hydroxylation is 8. The summed E-state index contributed by atoms with van der Waals surface area (Å²) < 4.78 is 57.4. The van der Waals surface area contributed by atoms with Crippen LogP contribution in [0.15, 0.2) is 97.1 Å². The van der Waals surface area contributed by atoms with Crippen molar-refractivity contribution in [1.82, 2.24) is 0 Å². The van der Waals surface area contributed by atoms with Crippen LogP contribution in [0.1, 0.15) is 150 Å². The summed E-state index contributed by atoms with van der Waals surface area (Å²) in [6, 6.07) is 31.3. The smallest absolute Gasteiger partial charge is 0.413 e. The lowest BCUT2D eigenvalue weighted by Crippen LogP contribution is -2.18. The van der Waals surface area contributed by atoms with Gasteiger partial charge in [0.1, 0.15) is 23.0 Å². The highest BCUT2D eigenvalue weighted by atomic mass is 31.2. The minimum absolute atomic E-state index is 0.0743. The highest BCUT2D eigenvalue weighted by Gasteiger charge is 2.36. The van der Waals surface area contributed by atoms with Gasteiger partial charge < -0.3 is 18.1 Å². The topological polar surface area (TPSA) is 71.1 Å². The maximum absolute atomic E-state index is 15.5. The minimum atomic E-state index is -4.04. The Morgan fingerprint density at radius 2 is 0.485 bits per heavy atom. The second-order valence-corrected chi connectivity index (χ2v) is 26.9. The molecule has 0 aliphatic carbocycles. The Balaban J connectivity index is 1.40. The summed E-state index contributed by atoms with van der Waals surface area (Å²) >= 11 is 0. The van der Waals surface area contributed by atoms with Crippen LogP contribution in [0, 0.1) is 55.4 Å². The molecule has 0 saturated heterocycles. The van der Waals surface area contributed by atoms with E-state index in [1.165, 1.54) is 22.3 Å². The predicted octanol–water partition coefficient (Wildman–Crippen LogP) is 17.0. The van der Waals surface area contributed by atoms with Crippen molar-refractivity contribution in [2.75, 3.05) is 0 Å². The van der Waals surface area contributed by atoms with E-state index in [0.29, 0.717) is 33.6 Å². The van der Waals surface area contributed by atoms with E-state index in [4.69, 9.17) is 18.1 Å². The van der Waals surface area contributed by atoms with Crippen LogP contribution in [-0.4, -0.2) is 0 Å². The molecule has 0 heterocycles. The van der Waals surface area contributed by atoms with Crippen LogP contribution in [0.25, 0.3) is 11.1 Å².